The van der Waals surface area contributed by atoms with Crippen molar-refractivity contribution < 1.29 is 14.7 Å². The molecule has 0 spiro atoms. The molecule has 0 atom stereocenters. The summed E-state index contributed by atoms with van der Waals surface area (Å²) in [5.41, 5.74) is 4.83. The largest absolute Gasteiger partial charge is 0.395 e. The lowest BCUT2D eigenvalue weighted by Gasteiger charge is -2.36. The fraction of sp³-hybridized carbons (Fsp3) is 0.207. The number of benzene rings is 3. The lowest BCUT2D eigenvalue weighted by atomic mass is 10.1. The van der Waals surface area contributed by atoms with E-state index in [1.54, 1.807) is 24.3 Å². The summed E-state index contributed by atoms with van der Waals surface area (Å²) in [6.45, 7) is 4.11. The molecule has 1 saturated heterocycles. The van der Waals surface area contributed by atoms with Crippen LogP contribution in [0.1, 0.15) is 32.0 Å². The molecule has 0 bridgehead atoms. The van der Waals surface area contributed by atoms with Crippen LogP contribution in [-0.4, -0.2) is 71.3 Å². The highest BCUT2D eigenvalue weighted by atomic mass is 16.3. The van der Waals surface area contributed by atoms with Gasteiger partial charge in [0, 0.05) is 43.8 Å². The van der Waals surface area contributed by atoms with Gasteiger partial charge in [-0.3, -0.25) is 19.6 Å². The number of para-hydroxylation sites is 1. The summed E-state index contributed by atoms with van der Waals surface area (Å²) in [4.78, 5) is 32.6. The molecule has 0 radical (unpaired) electrons. The van der Waals surface area contributed by atoms with E-state index in [9.17, 15) is 14.7 Å². The van der Waals surface area contributed by atoms with Crippen LogP contribution in [0.25, 0.3) is 23.1 Å². The summed E-state index contributed by atoms with van der Waals surface area (Å²) in [7, 11) is 0. The van der Waals surface area contributed by atoms with Gasteiger partial charge in [0.2, 0.25) is 0 Å². The number of aromatic amines is 1. The fourth-order valence-electron chi connectivity index (χ4n) is 5.12. The Morgan fingerprint density at radius 1 is 0.865 bits per heavy atom. The number of imide groups is 1. The maximum atomic E-state index is 13.4. The molecule has 0 aliphatic carbocycles. The van der Waals surface area contributed by atoms with Crippen molar-refractivity contribution in [3.8, 4) is 0 Å². The topological polar surface area (TPSA) is 92.8 Å². The Morgan fingerprint density at radius 3 is 2.30 bits per heavy atom. The molecule has 8 nitrogen and oxygen atoms in total. The average Bonchev–Trinajstić information content (AvgIpc) is 3.46. The Hall–Kier alpha value is -4.27. The number of carbonyl (C=O) groups excluding carboxylic acids is 2. The normalized spacial score (nSPS) is 16.4. The number of H-pyrrole nitrogens is 1. The Morgan fingerprint density at radius 2 is 1.57 bits per heavy atom. The van der Waals surface area contributed by atoms with Crippen LogP contribution in [0.15, 0.2) is 66.7 Å². The van der Waals surface area contributed by atoms with E-state index < -0.39 is 0 Å². The molecular formula is C29H27N5O3. The second-order valence-electron chi connectivity index (χ2n) is 9.27. The SMILES string of the molecule is O=C1c2ccccc2C(=O)N1c1cc(N2CCN(CCO)CC2)ccc1C=Cc1n[nH]c2ccccc12. The molecule has 6 rings (SSSR count). The van der Waals surface area contributed by atoms with Crippen molar-refractivity contribution in [1.82, 2.24) is 15.1 Å². The maximum Gasteiger partial charge on any atom is 0.266 e. The highest BCUT2D eigenvalue weighted by Crippen LogP contribution is 2.35. The zero-order chi connectivity index (χ0) is 25.4. The van der Waals surface area contributed by atoms with Gasteiger partial charge in [-0.2, -0.15) is 5.10 Å². The van der Waals surface area contributed by atoms with Gasteiger partial charge in [0.15, 0.2) is 0 Å². The molecule has 2 N–H and O–H groups in total. The molecule has 0 unspecified atom stereocenters. The lowest BCUT2D eigenvalue weighted by molar-refractivity contribution is 0.0926. The quantitative estimate of drug-likeness (QED) is 0.399. The first-order chi connectivity index (χ1) is 18.1. The summed E-state index contributed by atoms with van der Waals surface area (Å²) >= 11 is 0. The number of β-amino-alcohol motifs (C(OH)–C–C–N with tert-alkyl or cyclic N) is 1. The van der Waals surface area contributed by atoms with E-state index >= 15 is 0 Å². The van der Waals surface area contributed by atoms with Gasteiger partial charge in [0.05, 0.1) is 34.6 Å². The second-order valence-corrected chi connectivity index (χ2v) is 9.27. The fourth-order valence-corrected chi connectivity index (χ4v) is 5.12. The summed E-state index contributed by atoms with van der Waals surface area (Å²) in [5.74, 6) is -0.629. The maximum absolute atomic E-state index is 13.4. The van der Waals surface area contributed by atoms with E-state index in [1.807, 2.05) is 54.6 Å². The Bertz CT molecular complexity index is 1480. The number of aromatic nitrogens is 2. The highest BCUT2D eigenvalue weighted by molar-refractivity contribution is 6.35. The third-order valence-electron chi connectivity index (χ3n) is 7.12. The van der Waals surface area contributed by atoms with E-state index in [1.165, 1.54) is 4.90 Å². The first kappa shape index (κ1) is 23.1. The van der Waals surface area contributed by atoms with Crippen molar-refractivity contribution in [1.29, 1.82) is 0 Å². The molecule has 0 saturated carbocycles. The van der Waals surface area contributed by atoms with Gasteiger partial charge in [0.1, 0.15) is 0 Å². The van der Waals surface area contributed by atoms with Crippen LogP contribution < -0.4 is 9.80 Å². The molecule has 1 fully saturated rings. The number of rotatable bonds is 6. The van der Waals surface area contributed by atoms with Crippen molar-refractivity contribution in [2.24, 2.45) is 0 Å². The number of carbonyl (C=O) groups is 2. The predicted octanol–water partition coefficient (Wildman–Crippen LogP) is 3.65. The molecule has 8 heteroatoms. The van der Waals surface area contributed by atoms with E-state index in [-0.39, 0.29) is 18.4 Å². The molecule has 2 aliphatic rings. The molecule has 4 aromatic rings. The van der Waals surface area contributed by atoms with Gasteiger partial charge < -0.3 is 10.0 Å². The van der Waals surface area contributed by atoms with Crippen molar-refractivity contribution in [3.63, 3.8) is 0 Å². The molecule has 2 aliphatic heterocycles. The Balaban J connectivity index is 1.38. The number of hydrogen-bond donors (Lipinski definition) is 2. The van der Waals surface area contributed by atoms with Crippen molar-refractivity contribution in [2.75, 3.05) is 49.1 Å². The predicted molar refractivity (Wildman–Crippen MR) is 145 cm³/mol. The van der Waals surface area contributed by atoms with Crippen molar-refractivity contribution >= 4 is 46.2 Å². The minimum absolute atomic E-state index is 0.149. The van der Waals surface area contributed by atoms with E-state index in [2.05, 4.69) is 20.0 Å². The molecule has 2 amide bonds. The standard InChI is InChI=1S/C29H27N5O3/c35-18-17-32-13-15-33(16-14-32)21-11-9-20(10-12-26-24-7-3-4-8-25(24)30-31-26)27(19-21)34-28(36)22-5-1-2-6-23(22)29(34)37/h1-12,19,35H,13-18H2,(H,30,31). The number of nitrogens with one attached hydrogen (secondary N) is 1. The third-order valence-corrected chi connectivity index (χ3v) is 7.12. The second kappa shape index (κ2) is 9.65. The van der Waals surface area contributed by atoms with Gasteiger partial charge in [-0.15, -0.1) is 0 Å². The number of hydrogen-bond acceptors (Lipinski definition) is 6. The number of aliphatic hydroxyl groups is 1. The van der Waals surface area contributed by atoms with E-state index in [0.717, 1.165) is 54.0 Å². The van der Waals surface area contributed by atoms with Gasteiger partial charge >= 0.3 is 0 Å². The van der Waals surface area contributed by atoms with Crippen LogP contribution in [0, 0.1) is 0 Å². The number of nitrogens with zero attached hydrogens (tertiary/aromatic N) is 4. The number of aliphatic hydroxyl groups excluding tert-OH is 1. The van der Waals surface area contributed by atoms with Crippen molar-refractivity contribution in [2.45, 2.75) is 0 Å². The van der Waals surface area contributed by atoms with Crippen LogP contribution in [0.2, 0.25) is 0 Å². The first-order valence-electron chi connectivity index (χ1n) is 12.5. The summed E-state index contributed by atoms with van der Waals surface area (Å²) < 4.78 is 0. The van der Waals surface area contributed by atoms with Crippen molar-refractivity contribution in [3.05, 3.63) is 89.1 Å². The van der Waals surface area contributed by atoms with Crippen LogP contribution in [0.4, 0.5) is 11.4 Å². The highest BCUT2D eigenvalue weighted by Gasteiger charge is 2.37. The van der Waals surface area contributed by atoms with E-state index in [0.29, 0.717) is 23.4 Å². The number of piperazine rings is 1. The zero-order valence-corrected chi connectivity index (χ0v) is 20.3. The number of amides is 2. The number of anilines is 2. The first-order valence-corrected chi connectivity index (χ1v) is 12.5. The molecule has 1 aromatic heterocycles. The number of fused-ring (bicyclic) bond motifs is 2. The average molecular weight is 494 g/mol. The van der Waals surface area contributed by atoms with E-state index in [4.69, 9.17) is 0 Å². The van der Waals surface area contributed by atoms with Gasteiger partial charge in [-0.1, -0.05) is 42.5 Å². The molecule has 186 valence electrons. The summed E-state index contributed by atoms with van der Waals surface area (Å²) in [6.07, 6.45) is 3.81. The van der Waals surface area contributed by atoms with Crippen LogP contribution in [0.5, 0.6) is 0 Å². The molecular weight excluding hydrogens is 466 g/mol. The Labute approximate surface area is 214 Å². The zero-order valence-electron chi connectivity index (χ0n) is 20.3. The lowest BCUT2D eigenvalue weighted by Crippen LogP contribution is -2.47. The van der Waals surface area contributed by atoms with Crippen LogP contribution in [0.3, 0.4) is 0 Å². The Kier molecular flexibility index (Phi) is 6.04. The van der Waals surface area contributed by atoms with Gasteiger partial charge in [-0.05, 0) is 42.0 Å². The minimum Gasteiger partial charge on any atom is -0.395 e. The third kappa shape index (κ3) is 4.20. The monoisotopic (exact) mass is 493 g/mol. The van der Waals surface area contributed by atoms with Crippen LogP contribution in [-0.2, 0) is 0 Å². The molecule has 3 heterocycles. The minimum atomic E-state index is -0.314. The molecule has 3 aromatic carbocycles. The summed E-state index contributed by atoms with van der Waals surface area (Å²) in [5, 5.41) is 17.7. The van der Waals surface area contributed by atoms with Crippen LogP contribution >= 0.6 is 0 Å². The molecule has 37 heavy (non-hydrogen) atoms. The van der Waals surface area contributed by atoms with Gasteiger partial charge in [-0.25, -0.2) is 4.90 Å². The summed E-state index contributed by atoms with van der Waals surface area (Å²) in [6, 6.07) is 20.8. The smallest absolute Gasteiger partial charge is 0.266 e. The van der Waals surface area contributed by atoms with Gasteiger partial charge in [0.25, 0.3) is 11.8 Å².